The Morgan fingerprint density at radius 2 is 1.88 bits per heavy atom. The number of aromatic nitrogens is 4. The third kappa shape index (κ3) is 4.82. The summed E-state index contributed by atoms with van der Waals surface area (Å²) in [4.78, 5) is 19.2. The molecule has 2 heterocycles. The van der Waals surface area contributed by atoms with E-state index in [0.29, 0.717) is 36.3 Å². The van der Waals surface area contributed by atoms with E-state index in [4.69, 9.17) is 14.7 Å². The van der Waals surface area contributed by atoms with Crippen molar-refractivity contribution in [2.75, 3.05) is 31.4 Å². The van der Waals surface area contributed by atoms with Crippen molar-refractivity contribution in [3.05, 3.63) is 59.3 Å². The lowest BCUT2D eigenvalue weighted by Gasteiger charge is -2.14. The van der Waals surface area contributed by atoms with Crippen LogP contribution in [0.15, 0.2) is 42.5 Å². The number of nitrogens with one attached hydrogen (secondary N) is 2. The van der Waals surface area contributed by atoms with E-state index in [1.165, 1.54) is 0 Å². The Hall–Kier alpha value is -3.47. The molecule has 170 valence electrons. The number of aryl methyl sites for hydroxylation is 1. The summed E-state index contributed by atoms with van der Waals surface area (Å²) < 4.78 is 5.35. The summed E-state index contributed by atoms with van der Waals surface area (Å²) in [5.41, 5.74) is 5.26. The molecule has 0 saturated heterocycles. The van der Waals surface area contributed by atoms with Gasteiger partial charge in [0.25, 0.3) is 0 Å². The van der Waals surface area contributed by atoms with Crippen molar-refractivity contribution in [2.45, 2.75) is 20.1 Å². The Labute approximate surface area is 192 Å². The lowest BCUT2D eigenvalue weighted by atomic mass is 9.80. The van der Waals surface area contributed by atoms with Gasteiger partial charge in [-0.3, -0.25) is 0 Å². The van der Waals surface area contributed by atoms with Gasteiger partial charge in [0.15, 0.2) is 5.82 Å². The maximum atomic E-state index is 9.42. The third-order valence-corrected chi connectivity index (χ3v) is 5.35. The van der Waals surface area contributed by atoms with Crippen LogP contribution in [0.2, 0.25) is 0 Å². The number of nitrogens with zero attached hydrogens (tertiary/aromatic N) is 4. The van der Waals surface area contributed by atoms with Gasteiger partial charge in [-0.05, 0) is 17.9 Å². The van der Waals surface area contributed by atoms with E-state index in [1.807, 2.05) is 50.2 Å². The van der Waals surface area contributed by atoms with E-state index >= 15 is 0 Å². The molecule has 0 radical (unpaired) electrons. The highest BCUT2D eigenvalue weighted by Gasteiger charge is 2.18. The van der Waals surface area contributed by atoms with Crippen molar-refractivity contribution in [3.8, 4) is 11.4 Å². The first-order valence-electron chi connectivity index (χ1n) is 10.6. The highest BCUT2D eigenvalue weighted by molar-refractivity contribution is 6.58. The molecule has 0 saturated carbocycles. The van der Waals surface area contributed by atoms with Gasteiger partial charge in [-0.2, -0.15) is 15.0 Å². The van der Waals surface area contributed by atoms with Gasteiger partial charge in [-0.1, -0.05) is 42.5 Å². The van der Waals surface area contributed by atoms with Gasteiger partial charge < -0.3 is 30.0 Å². The van der Waals surface area contributed by atoms with Crippen LogP contribution < -0.4 is 15.7 Å². The largest absolute Gasteiger partial charge is 0.488 e. The van der Waals surface area contributed by atoms with Gasteiger partial charge in [0.2, 0.25) is 11.9 Å². The molecule has 0 bridgehead atoms. The van der Waals surface area contributed by atoms with Crippen LogP contribution in [0.25, 0.3) is 22.3 Å². The van der Waals surface area contributed by atoms with Crippen molar-refractivity contribution in [1.29, 1.82) is 0 Å². The molecule has 0 aliphatic carbocycles. The zero-order chi connectivity index (χ0) is 23.5. The average Bonchev–Trinajstić information content (AvgIpc) is 3.14. The summed E-state index contributed by atoms with van der Waals surface area (Å²) in [6.45, 7) is 2.93. The second kappa shape index (κ2) is 9.57. The molecule has 4 N–H and O–H groups in total. The van der Waals surface area contributed by atoms with E-state index in [-0.39, 0.29) is 0 Å². The summed E-state index contributed by atoms with van der Waals surface area (Å²) in [6, 6.07) is 13.2. The third-order valence-electron chi connectivity index (χ3n) is 5.35. The molecule has 0 aliphatic heterocycles. The van der Waals surface area contributed by atoms with Gasteiger partial charge in [-0.25, -0.2) is 0 Å². The lowest BCUT2D eigenvalue weighted by Crippen LogP contribution is -2.30. The number of aromatic amines is 1. The van der Waals surface area contributed by atoms with Crippen molar-refractivity contribution in [2.24, 2.45) is 0 Å². The van der Waals surface area contributed by atoms with Gasteiger partial charge >= 0.3 is 7.12 Å². The molecule has 0 atom stereocenters. The van der Waals surface area contributed by atoms with E-state index in [0.717, 1.165) is 33.3 Å². The molecule has 0 unspecified atom stereocenters. The maximum absolute atomic E-state index is 9.42. The Morgan fingerprint density at radius 3 is 2.61 bits per heavy atom. The Balaban J connectivity index is 1.73. The summed E-state index contributed by atoms with van der Waals surface area (Å²) in [7, 11) is 3.93. The average molecular weight is 446 g/mol. The molecule has 0 aliphatic rings. The fourth-order valence-electron chi connectivity index (χ4n) is 3.77. The quantitative estimate of drug-likeness (QED) is 0.303. The van der Waals surface area contributed by atoms with Crippen molar-refractivity contribution >= 4 is 35.4 Å². The number of hydrogen-bond acceptors (Lipinski definition) is 8. The van der Waals surface area contributed by atoms with E-state index in [2.05, 4.69) is 15.3 Å². The molecule has 4 rings (SSSR count). The van der Waals surface area contributed by atoms with Crippen molar-refractivity contribution in [3.63, 3.8) is 0 Å². The summed E-state index contributed by atoms with van der Waals surface area (Å²) in [6.07, 6.45) is 0. The summed E-state index contributed by atoms with van der Waals surface area (Å²) in [5.74, 6) is 1.53. The zero-order valence-electron chi connectivity index (χ0n) is 19.1. The highest BCUT2D eigenvalue weighted by Crippen LogP contribution is 2.33. The van der Waals surface area contributed by atoms with Gasteiger partial charge in [-0.15, -0.1) is 0 Å². The Kier molecular flexibility index (Phi) is 6.59. The Bertz CT molecular complexity index is 1270. The lowest BCUT2D eigenvalue weighted by molar-refractivity contribution is 0.186. The molecule has 9 nitrogen and oxygen atoms in total. The first-order chi connectivity index (χ1) is 15.9. The number of fused-ring (bicyclic) bond motifs is 1. The number of hydrogen-bond donors (Lipinski definition) is 4. The second-order valence-corrected chi connectivity index (χ2v) is 8.05. The normalized spacial score (nSPS) is 11.1. The summed E-state index contributed by atoms with van der Waals surface area (Å²) >= 11 is 0. The number of H-pyrrole nitrogens is 1. The van der Waals surface area contributed by atoms with Crippen LogP contribution in [0, 0.1) is 6.92 Å². The van der Waals surface area contributed by atoms with Gasteiger partial charge in [0, 0.05) is 50.0 Å². The van der Waals surface area contributed by atoms with E-state index < -0.39 is 7.12 Å². The topological polar surface area (TPSA) is 119 Å². The van der Waals surface area contributed by atoms with E-state index in [9.17, 15) is 10.0 Å². The van der Waals surface area contributed by atoms with Crippen molar-refractivity contribution < 1.29 is 14.8 Å². The van der Waals surface area contributed by atoms with Crippen LogP contribution in [-0.4, -0.2) is 58.3 Å². The minimum Gasteiger partial charge on any atom is -0.423 e. The number of anilines is 2. The van der Waals surface area contributed by atoms with Crippen LogP contribution >= 0.6 is 0 Å². The minimum absolute atomic E-state index is 0.418. The number of rotatable bonds is 8. The second-order valence-electron chi connectivity index (χ2n) is 8.05. The number of methoxy groups -OCH3 is 1. The van der Waals surface area contributed by atoms with Crippen LogP contribution in [-0.2, 0) is 17.9 Å². The Morgan fingerprint density at radius 1 is 1.09 bits per heavy atom. The maximum Gasteiger partial charge on any atom is 0.488 e. The van der Waals surface area contributed by atoms with Crippen molar-refractivity contribution in [1.82, 2.24) is 19.9 Å². The van der Waals surface area contributed by atoms with Gasteiger partial charge in [0.05, 0.1) is 12.1 Å². The molecule has 33 heavy (non-hydrogen) atoms. The van der Waals surface area contributed by atoms with E-state index in [1.54, 1.807) is 25.3 Å². The van der Waals surface area contributed by atoms with Crippen LogP contribution in [0.4, 0.5) is 11.9 Å². The fourth-order valence-corrected chi connectivity index (χ4v) is 3.77. The number of ether oxygens (including phenoxy) is 1. The molecular formula is C23H27BN6O3. The van der Waals surface area contributed by atoms with Crippen LogP contribution in [0.5, 0.6) is 0 Å². The predicted molar refractivity (Wildman–Crippen MR) is 130 cm³/mol. The first-order valence-corrected chi connectivity index (χ1v) is 10.6. The number of benzene rings is 2. The molecule has 0 fully saturated rings. The number of para-hydroxylation sites is 1. The summed E-state index contributed by atoms with van der Waals surface area (Å²) in [5, 5.41) is 23.1. The van der Waals surface area contributed by atoms with Crippen LogP contribution in [0.1, 0.15) is 16.8 Å². The molecular weight excluding hydrogens is 419 g/mol. The smallest absolute Gasteiger partial charge is 0.423 e. The monoisotopic (exact) mass is 446 g/mol. The molecule has 0 spiro atoms. The van der Waals surface area contributed by atoms with Crippen LogP contribution in [0.3, 0.4) is 0 Å². The van der Waals surface area contributed by atoms with Gasteiger partial charge in [0.1, 0.15) is 0 Å². The SMILES string of the molecule is COCc1cccc2c(-c3nc(NCc4cccc(B(O)O)c4)nc(N(C)C)n3)c(C)[nH]c12. The molecule has 0 amide bonds. The zero-order valence-corrected chi connectivity index (χ0v) is 19.1. The fraction of sp³-hybridized carbons (Fsp3) is 0.261. The molecule has 10 heteroatoms. The molecule has 2 aromatic heterocycles. The highest BCUT2D eigenvalue weighted by atomic mass is 16.5. The molecule has 4 aromatic rings. The first kappa shape index (κ1) is 22.7. The minimum atomic E-state index is -1.51. The predicted octanol–water partition coefficient (Wildman–Crippen LogP) is 1.83. The standard InChI is InChI=1S/C23H27BN6O3/c1-14-19(18-10-6-8-16(13-33-4)20(18)26-14)21-27-22(29-23(28-21)30(2)3)25-12-15-7-5-9-17(11-15)24(31)32/h5-11,26,31-32H,12-13H2,1-4H3,(H,25,27,28,29). The molecule has 2 aromatic carbocycles.